The molecule has 0 spiro atoms. The molecule has 0 atom stereocenters. The van der Waals surface area contributed by atoms with Gasteiger partial charge in [0, 0.05) is 12.0 Å². The molecule has 1 fully saturated rings. The molecule has 0 unspecified atom stereocenters. The lowest BCUT2D eigenvalue weighted by molar-refractivity contribution is -0.122. The van der Waals surface area contributed by atoms with Gasteiger partial charge in [0.2, 0.25) is 12.7 Å². The molecule has 25 heavy (non-hydrogen) atoms. The summed E-state index contributed by atoms with van der Waals surface area (Å²) in [6.45, 7) is 1.01. The lowest BCUT2D eigenvalue weighted by atomic mass is 9.69. The van der Waals surface area contributed by atoms with Crippen LogP contribution in [0, 0.1) is 0 Å². The molecule has 1 saturated carbocycles. The summed E-state index contributed by atoms with van der Waals surface area (Å²) >= 11 is 0. The second kappa shape index (κ2) is 6.70. The van der Waals surface area contributed by atoms with E-state index in [1.54, 1.807) is 0 Å². The highest BCUT2D eigenvalue weighted by molar-refractivity contribution is 5.75. The van der Waals surface area contributed by atoms with Gasteiger partial charge < -0.3 is 14.8 Å². The smallest absolute Gasteiger partial charge is 0.241 e. The first-order chi connectivity index (χ1) is 12.3. The number of fused-ring (bicyclic) bond motifs is 1. The molecular weight excluding hydrogens is 322 g/mol. The Kier molecular flexibility index (Phi) is 4.25. The van der Waals surface area contributed by atoms with Crippen molar-refractivity contribution in [1.29, 1.82) is 0 Å². The Morgan fingerprint density at radius 2 is 2.04 bits per heavy atom. The fourth-order valence-corrected chi connectivity index (χ4v) is 3.75. The van der Waals surface area contributed by atoms with Crippen molar-refractivity contribution in [1.82, 2.24) is 25.5 Å². The molecule has 0 saturated heterocycles. The Hall–Kier alpha value is -2.64. The summed E-state index contributed by atoms with van der Waals surface area (Å²) in [5.74, 6) is 1.50. The van der Waals surface area contributed by atoms with Crippen molar-refractivity contribution < 1.29 is 14.3 Å². The highest BCUT2D eigenvalue weighted by atomic mass is 16.7. The molecule has 1 aliphatic carbocycles. The third-order valence-electron chi connectivity index (χ3n) is 5.12. The van der Waals surface area contributed by atoms with E-state index in [-0.39, 0.29) is 24.7 Å². The summed E-state index contributed by atoms with van der Waals surface area (Å²) in [5, 5.41) is 13.9. The molecule has 4 rings (SSSR count). The van der Waals surface area contributed by atoms with Crippen molar-refractivity contribution in [2.45, 2.75) is 44.1 Å². The molecule has 1 aromatic heterocycles. The number of nitrogens with zero attached hydrogens (tertiary/aromatic N) is 4. The maximum absolute atomic E-state index is 12.2. The number of amides is 1. The first-order valence-electron chi connectivity index (χ1n) is 8.63. The fourth-order valence-electron chi connectivity index (χ4n) is 3.75. The monoisotopic (exact) mass is 343 g/mol. The van der Waals surface area contributed by atoms with Gasteiger partial charge in [-0.05, 0) is 41.0 Å². The second-order valence-corrected chi connectivity index (χ2v) is 6.69. The van der Waals surface area contributed by atoms with Crippen molar-refractivity contribution in [3.63, 3.8) is 0 Å². The summed E-state index contributed by atoms with van der Waals surface area (Å²) in [6.07, 6.45) is 7.11. The number of nitrogens with one attached hydrogen (secondary N) is 1. The highest BCUT2D eigenvalue weighted by Gasteiger charge is 2.35. The first-order valence-corrected chi connectivity index (χ1v) is 8.63. The Labute approximate surface area is 145 Å². The zero-order valence-corrected chi connectivity index (χ0v) is 14.0. The number of ether oxygens (including phenoxy) is 2. The molecule has 1 aromatic carbocycles. The molecule has 1 amide bonds. The van der Waals surface area contributed by atoms with Gasteiger partial charge in [-0.15, -0.1) is 5.10 Å². The molecule has 8 nitrogen and oxygen atoms in total. The fraction of sp³-hybridized carbons (Fsp3) is 0.529. The minimum absolute atomic E-state index is 0.0600. The van der Waals surface area contributed by atoms with Gasteiger partial charge in [-0.25, -0.2) is 4.68 Å². The van der Waals surface area contributed by atoms with E-state index in [0.717, 1.165) is 37.2 Å². The molecule has 1 aliphatic heterocycles. The first kappa shape index (κ1) is 15.9. The molecule has 132 valence electrons. The standard InChI is InChI=1S/C17H21N5O3/c23-16(9-22-11-19-20-21-22)18-10-17(6-2-1-3-7-17)13-4-5-14-15(8-13)25-12-24-14/h4-5,8,11H,1-3,6-7,9-10,12H2,(H,18,23). The van der Waals surface area contributed by atoms with E-state index in [2.05, 4.69) is 33.0 Å². The Balaban J connectivity index is 1.50. The number of benzene rings is 1. The minimum atomic E-state index is -0.0852. The van der Waals surface area contributed by atoms with Crippen LogP contribution >= 0.6 is 0 Å². The van der Waals surface area contributed by atoms with Crippen LogP contribution in [-0.4, -0.2) is 39.5 Å². The van der Waals surface area contributed by atoms with Gasteiger partial charge in [0.1, 0.15) is 12.9 Å². The molecule has 2 aromatic rings. The largest absolute Gasteiger partial charge is 0.454 e. The van der Waals surface area contributed by atoms with Gasteiger partial charge in [0.15, 0.2) is 11.5 Å². The molecule has 0 radical (unpaired) electrons. The van der Waals surface area contributed by atoms with Gasteiger partial charge in [-0.3, -0.25) is 4.79 Å². The lowest BCUT2D eigenvalue weighted by Gasteiger charge is -2.38. The van der Waals surface area contributed by atoms with Crippen LogP contribution in [0.15, 0.2) is 24.5 Å². The van der Waals surface area contributed by atoms with E-state index in [1.807, 2.05) is 6.07 Å². The molecule has 2 heterocycles. The Morgan fingerprint density at radius 1 is 1.20 bits per heavy atom. The van der Waals surface area contributed by atoms with Crippen molar-refractivity contribution in [3.8, 4) is 11.5 Å². The number of carbonyl (C=O) groups excluding carboxylic acids is 1. The van der Waals surface area contributed by atoms with E-state index < -0.39 is 0 Å². The molecule has 2 aliphatic rings. The zero-order chi connectivity index (χ0) is 17.1. The minimum Gasteiger partial charge on any atom is -0.454 e. The summed E-state index contributed by atoms with van der Waals surface area (Å²) in [6, 6.07) is 6.14. The maximum atomic E-state index is 12.2. The quantitative estimate of drug-likeness (QED) is 0.883. The van der Waals surface area contributed by atoms with E-state index in [4.69, 9.17) is 9.47 Å². The SMILES string of the molecule is O=C(Cn1cnnn1)NCC1(c2ccc3c(c2)OCO3)CCCCC1. The van der Waals surface area contributed by atoms with Crippen molar-refractivity contribution in [3.05, 3.63) is 30.1 Å². The van der Waals surface area contributed by atoms with Gasteiger partial charge in [0.05, 0.1) is 0 Å². The number of hydrogen-bond donors (Lipinski definition) is 1. The molecule has 1 N–H and O–H groups in total. The van der Waals surface area contributed by atoms with E-state index in [9.17, 15) is 4.79 Å². The van der Waals surface area contributed by atoms with Crippen LogP contribution in [0.5, 0.6) is 11.5 Å². The van der Waals surface area contributed by atoms with Crippen molar-refractivity contribution in [2.24, 2.45) is 0 Å². The van der Waals surface area contributed by atoms with Gasteiger partial charge in [0.25, 0.3) is 0 Å². The maximum Gasteiger partial charge on any atom is 0.241 e. The zero-order valence-electron chi connectivity index (χ0n) is 14.0. The number of aromatic nitrogens is 4. The Morgan fingerprint density at radius 3 is 2.84 bits per heavy atom. The van der Waals surface area contributed by atoms with E-state index >= 15 is 0 Å². The van der Waals surface area contributed by atoms with Gasteiger partial charge >= 0.3 is 0 Å². The molecule has 8 heteroatoms. The van der Waals surface area contributed by atoms with Crippen LogP contribution in [0.4, 0.5) is 0 Å². The number of tetrazole rings is 1. The van der Waals surface area contributed by atoms with Crippen molar-refractivity contribution in [2.75, 3.05) is 13.3 Å². The predicted molar refractivity (Wildman–Crippen MR) is 88.2 cm³/mol. The Bertz CT molecular complexity index is 741. The molecule has 0 bridgehead atoms. The highest BCUT2D eigenvalue weighted by Crippen LogP contribution is 2.43. The topological polar surface area (TPSA) is 91.2 Å². The van der Waals surface area contributed by atoms with Crippen LogP contribution in [0.25, 0.3) is 0 Å². The third kappa shape index (κ3) is 3.29. The van der Waals surface area contributed by atoms with Crippen LogP contribution in [0.2, 0.25) is 0 Å². The van der Waals surface area contributed by atoms with Crippen molar-refractivity contribution >= 4 is 5.91 Å². The van der Waals surface area contributed by atoms with Gasteiger partial charge in [-0.1, -0.05) is 25.3 Å². The lowest BCUT2D eigenvalue weighted by Crippen LogP contribution is -2.43. The second-order valence-electron chi connectivity index (χ2n) is 6.69. The summed E-state index contributed by atoms with van der Waals surface area (Å²) < 4.78 is 12.4. The van der Waals surface area contributed by atoms with E-state index in [0.29, 0.717) is 6.54 Å². The van der Waals surface area contributed by atoms with E-state index in [1.165, 1.54) is 23.0 Å². The summed E-state index contributed by atoms with van der Waals surface area (Å²) in [4.78, 5) is 12.2. The average molecular weight is 343 g/mol. The third-order valence-corrected chi connectivity index (χ3v) is 5.12. The number of rotatable bonds is 5. The van der Waals surface area contributed by atoms with Crippen LogP contribution in [-0.2, 0) is 16.8 Å². The normalized spacial score (nSPS) is 18.1. The summed E-state index contributed by atoms with van der Waals surface area (Å²) in [7, 11) is 0. The summed E-state index contributed by atoms with van der Waals surface area (Å²) in [5.41, 5.74) is 1.15. The van der Waals surface area contributed by atoms with Crippen LogP contribution in [0.3, 0.4) is 0 Å². The number of hydrogen-bond acceptors (Lipinski definition) is 6. The number of carbonyl (C=O) groups is 1. The predicted octanol–water partition coefficient (Wildman–Crippen LogP) is 1.42. The average Bonchev–Trinajstić information content (AvgIpc) is 3.31. The van der Waals surface area contributed by atoms with Gasteiger partial charge in [-0.2, -0.15) is 0 Å². The molecular formula is C17H21N5O3. The van der Waals surface area contributed by atoms with Crippen LogP contribution in [0.1, 0.15) is 37.7 Å². The van der Waals surface area contributed by atoms with Crippen LogP contribution < -0.4 is 14.8 Å².